The lowest BCUT2D eigenvalue weighted by Crippen LogP contribution is -2.33. The summed E-state index contributed by atoms with van der Waals surface area (Å²) in [6.45, 7) is 5.41. The average molecular weight is 270 g/mol. The number of aliphatic hydroxyl groups excluding tert-OH is 1. The quantitative estimate of drug-likeness (QED) is 0.772. The lowest BCUT2D eigenvalue weighted by Gasteiger charge is -2.25. The Kier molecular flexibility index (Phi) is 5.65. The van der Waals surface area contributed by atoms with E-state index in [1.165, 1.54) is 6.07 Å². The molecular formula is C13H19FN2OS. The number of hydrogen-bond donors (Lipinski definition) is 2. The molecule has 0 atom stereocenters. The van der Waals surface area contributed by atoms with E-state index in [0.29, 0.717) is 19.1 Å². The lowest BCUT2D eigenvalue weighted by atomic mass is 10.1. The fourth-order valence-electron chi connectivity index (χ4n) is 1.74. The van der Waals surface area contributed by atoms with Crippen LogP contribution in [0.3, 0.4) is 0 Å². The first kappa shape index (κ1) is 15.0. The zero-order chi connectivity index (χ0) is 13.7. The number of nitrogens with zero attached hydrogens (tertiary/aromatic N) is 1. The largest absolute Gasteiger partial charge is 0.395 e. The van der Waals surface area contributed by atoms with Crippen molar-refractivity contribution in [1.29, 1.82) is 0 Å². The summed E-state index contributed by atoms with van der Waals surface area (Å²) < 4.78 is 13.4. The van der Waals surface area contributed by atoms with Gasteiger partial charge in [-0.2, -0.15) is 0 Å². The van der Waals surface area contributed by atoms with Crippen LogP contribution >= 0.6 is 12.2 Å². The Hall–Kier alpha value is -1.04. The Bertz CT molecular complexity index is 423. The van der Waals surface area contributed by atoms with Crippen LogP contribution in [0, 0.1) is 5.82 Å². The molecule has 1 aromatic carbocycles. The molecule has 5 heteroatoms. The predicted octanol–water partition coefficient (Wildman–Crippen LogP) is 1.66. The van der Waals surface area contributed by atoms with Gasteiger partial charge in [-0.15, -0.1) is 0 Å². The van der Waals surface area contributed by atoms with Crippen molar-refractivity contribution in [3.8, 4) is 0 Å². The number of nitrogens with two attached hydrogens (primary N) is 1. The molecule has 100 valence electrons. The number of hydrogen-bond acceptors (Lipinski definition) is 3. The van der Waals surface area contributed by atoms with E-state index in [2.05, 4.69) is 4.90 Å². The van der Waals surface area contributed by atoms with Crippen LogP contribution in [-0.4, -0.2) is 34.2 Å². The van der Waals surface area contributed by atoms with Gasteiger partial charge in [-0.1, -0.05) is 18.3 Å². The van der Waals surface area contributed by atoms with Crippen LogP contribution in [-0.2, 0) is 6.54 Å². The summed E-state index contributed by atoms with van der Waals surface area (Å²) in [6.07, 6.45) is 0. The maximum atomic E-state index is 13.4. The summed E-state index contributed by atoms with van der Waals surface area (Å²) in [7, 11) is 0. The van der Waals surface area contributed by atoms with E-state index in [4.69, 9.17) is 23.1 Å². The summed E-state index contributed by atoms with van der Waals surface area (Å²) >= 11 is 4.81. The molecule has 1 rings (SSSR count). The van der Waals surface area contributed by atoms with Gasteiger partial charge in [-0.3, -0.25) is 4.90 Å². The smallest absolute Gasteiger partial charge is 0.133 e. The van der Waals surface area contributed by atoms with Crippen LogP contribution in [0.4, 0.5) is 4.39 Å². The van der Waals surface area contributed by atoms with E-state index in [0.717, 1.165) is 5.56 Å². The van der Waals surface area contributed by atoms with E-state index >= 15 is 0 Å². The Morgan fingerprint density at radius 3 is 2.67 bits per heavy atom. The van der Waals surface area contributed by atoms with E-state index in [1.54, 1.807) is 12.1 Å². The highest BCUT2D eigenvalue weighted by atomic mass is 32.1. The van der Waals surface area contributed by atoms with Crippen LogP contribution in [0.15, 0.2) is 18.2 Å². The summed E-state index contributed by atoms with van der Waals surface area (Å²) in [4.78, 5) is 2.16. The van der Waals surface area contributed by atoms with Crippen LogP contribution in [0.5, 0.6) is 0 Å². The molecule has 1 aromatic rings. The number of thiocarbonyl (C=S) groups is 1. The maximum absolute atomic E-state index is 13.4. The van der Waals surface area contributed by atoms with Gasteiger partial charge in [0.25, 0.3) is 0 Å². The zero-order valence-electron chi connectivity index (χ0n) is 10.7. The summed E-state index contributed by atoms with van der Waals surface area (Å²) in [5.41, 5.74) is 6.68. The molecule has 0 saturated heterocycles. The first-order valence-electron chi connectivity index (χ1n) is 5.88. The molecular weight excluding hydrogens is 251 g/mol. The van der Waals surface area contributed by atoms with Crippen LogP contribution in [0.2, 0.25) is 0 Å². The highest BCUT2D eigenvalue weighted by Gasteiger charge is 2.12. The van der Waals surface area contributed by atoms with Crippen LogP contribution in [0.1, 0.15) is 25.0 Å². The average Bonchev–Trinajstić information content (AvgIpc) is 2.30. The fraction of sp³-hybridized carbons (Fsp3) is 0.462. The SMILES string of the molecule is CC(C)N(CCO)Cc1ccc(F)c(C(N)=S)c1. The number of aliphatic hydroxyl groups is 1. The maximum Gasteiger partial charge on any atom is 0.133 e. The van der Waals surface area contributed by atoms with Crippen LogP contribution < -0.4 is 5.73 Å². The molecule has 0 aliphatic carbocycles. The third kappa shape index (κ3) is 4.01. The van der Waals surface area contributed by atoms with E-state index in [1.807, 2.05) is 13.8 Å². The van der Waals surface area contributed by atoms with Gasteiger partial charge in [0, 0.05) is 24.7 Å². The van der Waals surface area contributed by atoms with Crippen molar-refractivity contribution in [3.63, 3.8) is 0 Å². The van der Waals surface area contributed by atoms with E-state index in [-0.39, 0.29) is 17.2 Å². The molecule has 0 unspecified atom stereocenters. The molecule has 0 amide bonds. The molecule has 0 aliphatic heterocycles. The third-order valence-electron chi connectivity index (χ3n) is 2.80. The lowest BCUT2D eigenvalue weighted by molar-refractivity contribution is 0.159. The highest BCUT2D eigenvalue weighted by molar-refractivity contribution is 7.80. The summed E-state index contributed by atoms with van der Waals surface area (Å²) in [5.74, 6) is -0.399. The Morgan fingerprint density at radius 1 is 1.50 bits per heavy atom. The second kappa shape index (κ2) is 6.78. The molecule has 0 radical (unpaired) electrons. The number of rotatable bonds is 6. The van der Waals surface area contributed by atoms with Crippen molar-refractivity contribution in [2.24, 2.45) is 5.73 Å². The van der Waals surface area contributed by atoms with Gasteiger partial charge in [-0.25, -0.2) is 4.39 Å². The van der Waals surface area contributed by atoms with Crippen molar-refractivity contribution in [3.05, 3.63) is 35.1 Å². The Balaban J connectivity index is 2.89. The zero-order valence-corrected chi connectivity index (χ0v) is 11.5. The van der Waals surface area contributed by atoms with Gasteiger partial charge in [0.05, 0.1) is 6.61 Å². The molecule has 0 fully saturated rings. The van der Waals surface area contributed by atoms with Gasteiger partial charge < -0.3 is 10.8 Å². The molecule has 0 spiro atoms. The minimum Gasteiger partial charge on any atom is -0.395 e. The second-order valence-corrected chi connectivity index (χ2v) is 4.91. The predicted molar refractivity (Wildman–Crippen MR) is 74.9 cm³/mol. The first-order valence-corrected chi connectivity index (χ1v) is 6.29. The standard InChI is InChI=1S/C13H19FN2OS/c1-9(2)16(5-6-17)8-10-3-4-12(14)11(7-10)13(15)18/h3-4,7,9,17H,5-6,8H2,1-2H3,(H2,15,18). The van der Waals surface area contributed by atoms with Crippen molar-refractivity contribution < 1.29 is 9.50 Å². The molecule has 0 heterocycles. The van der Waals surface area contributed by atoms with Crippen molar-refractivity contribution in [2.75, 3.05) is 13.2 Å². The molecule has 3 N–H and O–H groups in total. The fourth-order valence-corrected chi connectivity index (χ4v) is 1.90. The Labute approximate surface area is 112 Å². The van der Waals surface area contributed by atoms with Crippen molar-refractivity contribution in [1.82, 2.24) is 4.90 Å². The van der Waals surface area contributed by atoms with Gasteiger partial charge >= 0.3 is 0 Å². The number of halogens is 1. The van der Waals surface area contributed by atoms with Gasteiger partial charge in [0.15, 0.2) is 0 Å². The van der Waals surface area contributed by atoms with Gasteiger partial charge in [0.2, 0.25) is 0 Å². The van der Waals surface area contributed by atoms with E-state index in [9.17, 15) is 4.39 Å². The number of benzene rings is 1. The molecule has 0 aliphatic rings. The monoisotopic (exact) mass is 270 g/mol. The topological polar surface area (TPSA) is 49.5 Å². The van der Waals surface area contributed by atoms with Crippen LogP contribution in [0.25, 0.3) is 0 Å². The molecule has 0 bridgehead atoms. The van der Waals surface area contributed by atoms with Gasteiger partial charge in [-0.05, 0) is 31.5 Å². The van der Waals surface area contributed by atoms with Crippen molar-refractivity contribution >= 4 is 17.2 Å². The van der Waals surface area contributed by atoms with Crippen molar-refractivity contribution in [2.45, 2.75) is 26.4 Å². The normalized spacial score (nSPS) is 11.2. The summed E-state index contributed by atoms with van der Waals surface area (Å²) in [5, 5.41) is 9.01. The minimum atomic E-state index is -0.399. The first-order chi connectivity index (χ1) is 8.45. The highest BCUT2D eigenvalue weighted by Crippen LogP contribution is 2.14. The Morgan fingerprint density at radius 2 is 2.17 bits per heavy atom. The third-order valence-corrected chi connectivity index (χ3v) is 3.02. The molecule has 0 saturated carbocycles. The minimum absolute atomic E-state index is 0.0626. The second-order valence-electron chi connectivity index (χ2n) is 4.47. The molecule has 0 aromatic heterocycles. The van der Waals surface area contributed by atoms with E-state index < -0.39 is 5.82 Å². The molecule has 18 heavy (non-hydrogen) atoms. The van der Waals surface area contributed by atoms with Gasteiger partial charge in [0.1, 0.15) is 10.8 Å². The summed E-state index contributed by atoms with van der Waals surface area (Å²) in [6, 6.07) is 5.06. The molecule has 3 nitrogen and oxygen atoms in total.